The molecule has 0 spiro atoms. The number of ether oxygens (including phenoxy) is 1. The Morgan fingerprint density at radius 2 is 2.24 bits per heavy atom. The van der Waals surface area contributed by atoms with E-state index in [1.54, 1.807) is 0 Å². The topological polar surface area (TPSA) is 89.7 Å². The van der Waals surface area contributed by atoms with Crippen LogP contribution < -0.4 is 5.73 Å². The fraction of sp³-hybridized carbons (Fsp3) is 0.444. The Labute approximate surface area is 104 Å². The number of hydrogen-bond acceptors (Lipinski definition) is 5. The number of carbonyl (C=O) groups is 1. The van der Waals surface area contributed by atoms with Gasteiger partial charge < -0.3 is 10.5 Å². The quantitative estimate of drug-likeness (QED) is 0.800. The molecule has 1 aromatic heterocycles. The molecule has 0 fully saturated rings. The number of nitrogens with zero attached hydrogens (tertiary/aromatic N) is 1. The first-order chi connectivity index (χ1) is 7.89. The van der Waals surface area contributed by atoms with Gasteiger partial charge in [-0.05, 0) is 6.07 Å². The standard InChI is InChI=1S/C9H14N2O4S2/c1-11(3-4-15-2)17(13,14)7-5-8(9(10)12)16-6-7/h5-6H,3-4H2,1-2H3,(H2,10,12). The Morgan fingerprint density at radius 1 is 1.59 bits per heavy atom. The first-order valence-corrected chi connectivity index (χ1v) is 7.05. The number of amides is 1. The minimum Gasteiger partial charge on any atom is -0.383 e. The molecule has 0 aliphatic carbocycles. The maximum Gasteiger partial charge on any atom is 0.258 e. The van der Waals surface area contributed by atoms with Crippen molar-refractivity contribution >= 4 is 27.3 Å². The zero-order chi connectivity index (χ0) is 13.1. The van der Waals surface area contributed by atoms with E-state index in [0.29, 0.717) is 6.61 Å². The van der Waals surface area contributed by atoms with E-state index in [4.69, 9.17) is 10.5 Å². The molecule has 1 heterocycles. The van der Waals surface area contributed by atoms with E-state index in [1.165, 1.54) is 29.9 Å². The Balaban J connectivity index is 2.92. The van der Waals surface area contributed by atoms with E-state index in [1.807, 2.05) is 0 Å². The first-order valence-electron chi connectivity index (χ1n) is 4.73. The molecular formula is C9H14N2O4S2. The number of rotatable bonds is 6. The van der Waals surface area contributed by atoms with Crippen LogP contribution in [-0.4, -0.2) is 45.9 Å². The third-order valence-corrected chi connectivity index (χ3v) is 5.07. The van der Waals surface area contributed by atoms with Crippen LogP contribution in [0.1, 0.15) is 9.67 Å². The molecular weight excluding hydrogens is 264 g/mol. The van der Waals surface area contributed by atoms with Crippen LogP contribution in [0.5, 0.6) is 0 Å². The van der Waals surface area contributed by atoms with E-state index in [0.717, 1.165) is 11.3 Å². The van der Waals surface area contributed by atoms with Gasteiger partial charge in [-0.3, -0.25) is 4.79 Å². The Hall–Kier alpha value is -0.960. The summed E-state index contributed by atoms with van der Waals surface area (Å²) in [5.74, 6) is -0.629. The largest absolute Gasteiger partial charge is 0.383 e. The van der Waals surface area contributed by atoms with Gasteiger partial charge in [-0.1, -0.05) is 0 Å². The average molecular weight is 278 g/mol. The van der Waals surface area contributed by atoms with E-state index in [2.05, 4.69) is 0 Å². The van der Waals surface area contributed by atoms with Crippen molar-refractivity contribution in [3.05, 3.63) is 16.3 Å². The van der Waals surface area contributed by atoms with Gasteiger partial charge in [-0.2, -0.15) is 4.31 Å². The Kier molecular flexibility index (Phi) is 4.63. The van der Waals surface area contributed by atoms with Crippen LogP contribution in [0.4, 0.5) is 0 Å². The molecule has 0 aromatic carbocycles. The lowest BCUT2D eigenvalue weighted by atomic mass is 10.5. The summed E-state index contributed by atoms with van der Waals surface area (Å²) in [7, 11) is -0.617. The van der Waals surface area contributed by atoms with Crippen molar-refractivity contribution in [2.75, 3.05) is 27.3 Å². The molecule has 0 aliphatic rings. The summed E-state index contributed by atoms with van der Waals surface area (Å²) in [6, 6.07) is 1.28. The summed E-state index contributed by atoms with van der Waals surface area (Å²) in [5, 5.41) is 1.40. The SMILES string of the molecule is COCCN(C)S(=O)(=O)c1csc(C(N)=O)c1. The van der Waals surface area contributed by atoms with Gasteiger partial charge in [-0.25, -0.2) is 8.42 Å². The van der Waals surface area contributed by atoms with Crippen molar-refractivity contribution in [2.24, 2.45) is 5.73 Å². The lowest BCUT2D eigenvalue weighted by Crippen LogP contribution is -2.29. The predicted octanol–water partition coefficient (Wildman–Crippen LogP) is 0.114. The summed E-state index contributed by atoms with van der Waals surface area (Å²) < 4.78 is 30.0. The summed E-state index contributed by atoms with van der Waals surface area (Å²) in [5.41, 5.74) is 5.07. The number of carbonyl (C=O) groups excluding carboxylic acids is 1. The molecule has 1 amide bonds. The molecule has 0 atom stereocenters. The van der Waals surface area contributed by atoms with Crippen LogP contribution in [0.15, 0.2) is 16.3 Å². The third kappa shape index (κ3) is 3.25. The van der Waals surface area contributed by atoms with Crippen molar-refractivity contribution in [1.82, 2.24) is 4.31 Å². The summed E-state index contributed by atoms with van der Waals surface area (Å²) in [6.45, 7) is 0.559. The highest BCUT2D eigenvalue weighted by Gasteiger charge is 2.22. The molecule has 2 N–H and O–H groups in total. The molecule has 8 heteroatoms. The van der Waals surface area contributed by atoms with Crippen LogP contribution in [-0.2, 0) is 14.8 Å². The third-order valence-electron chi connectivity index (χ3n) is 2.14. The van der Waals surface area contributed by atoms with Gasteiger partial charge in [-0.15, -0.1) is 11.3 Å². The van der Waals surface area contributed by atoms with Crippen LogP contribution in [0.3, 0.4) is 0 Å². The lowest BCUT2D eigenvalue weighted by Gasteiger charge is -2.15. The van der Waals surface area contributed by atoms with Crippen LogP contribution in [0, 0.1) is 0 Å². The van der Waals surface area contributed by atoms with Gasteiger partial charge in [0.05, 0.1) is 16.4 Å². The molecule has 1 aromatic rings. The molecule has 0 aliphatic heterocycles. The smallest absolute Gasteiger partial charge is 0.258 e. The van der Waals surface area contributed by atoms with Crippen molar-refractivity contribution in [3.8, 4) is 0 Å². The van der Waals surface area contributed by atoms with Gasteiger partial charge in [0.1, 0.15) is 0 Å². The number of likely N-dealkylation sites (N-methyl/N-ethyl adjacent to an activating group) is 1. The highest BCUT2D eigenvalue weighted by molar-refractivity contribution is 7.89. The van der Waals surface area contributed by atoms with Crippen molar-refractivity contribution in [1.29, 1.82) is 0 Å². The fourth-order valence-corrected chi connectivity index (χ4v) is 3.37. The predicted molar refractivity (Wildman–Crippen MR) is 64.5 cm³/mol. The van der Waals surface area contributed by atoms with Gasteiger partial charge in [0, 0.05) is 26.1 Å². The zero-order valence-corrected chi connectivity index (χ0v) is 11.2. The Morgan fingerprint density at radius 3 is 2.71 bits per heavy atom. The highest BCUT2D eigenvalue weighted by atomic mass is 32.2. The molecule has 1 rings (SSSR count). The normalized spacial score (nSPS) is 11.9. The average Bonchev–Trinajstić information content (AvgIpc) is 2.75. The van der Waals surface area contributed by atoms with E-state index in [9.17, 15) is 13.2 Å². The molecule has 0 saturated heterocycles. The number of hydrogen-bond donors (Lipinski definition) is 1. The van der Waals surface area contributed by atoms with Crippen LogP contribution >= 0.6 is 11.3 Å². The van der Waals surface area contributed by atoms with Gasteiger partial charge >= 0.3 is 0 Å². The second kappa shape index (κ2) is 5.58. The molecule has 6 nitrogen and oxygen atoms in total. The van der Waals surface area contributed by atoms with E-state index in [-0.39, 0.29) is 16.3 Å². The minimum absolute atomic E-state index is 0.0786. The monoisotopic (exact) mass is 278 g/mol. The van der Waals surface area contributed by atoms with Gasteiger partial charge in [0.15, 0.2) is 0 Å². The number of thiophene rings is 1. The minimum atomic E-state index is -3.57. The number of sulfonamides is 1. The molecule has 17 heavy (non-hydrogen) atoms. The molecule has 0 bridgehead atoms. The van der Waals surface area contributed by atoms with Gasteiger partial charge in [0.25, 0.3) is 5.91 Å². The maximum absolute atomic E-state index is 12.0. The number of primary amides is 1. The summed E-state index contributed by atoms with van der Waals surface area (Å²) in [4.78, 5) is 11.2. The van der Waals surface area contributed by atoms with Crippen LogP contribution in [0.2, 0.25) is 0 Å². The van der Waals surface area contributed by atoms with Crippen molar-refractivity contribution in [3.63, 3.8) is 0 Å². The lowest BCUT2D eigenvalue weighted by molar-refractivity contribution is 0.100. The van der Waals surface area contributed by atoms with Crippen LogP contribution in [0.25, 0.3) is 0 Å². The molecule has 96 valence electrons. The number of methoxy groups -OCH3 is 1. The van der Waals surface area contributed by atoms with Gasteiger partial charge in [0.2, 0.25) is 10.0 Å². The van der Waals surface area contributed by atoms with E-state index >= 15 is 0 Å². The highest BCUT2D eigenvalue weighted by Crippen LogP contribution is 2.21. The fourth-order valence-electron chi connectivity index (χ4n) is 1.10. The Bertz CT molecular complexity index is 495. The molecule has 0 unspecified atom stereocenters. The first kappa shape index (κ1) is 14.1. The van der Waals surface area contributed by atoms with E-state index < -0.39 is 15.9 Å². The second-order valence-electron chi connectivity index (χ2n) is 3.33. The molecule has 0 saturated carbocycles. The maximum atomic E-state index is 12.0. The summed E-state index contributed by atoms with van der Waals surface area (Å²) >= 11 is 1.01. The summed E-state index contributed by atoms with van der Waals surface area (Å²) in [6.07, 6.45) is 0. The zero-order valence-electron chi connectivity index (χ0n) is 9.54. The van der Waals surface area contributed by atoms with Crippen molar-refractivity contribution in [2.45, 2.75) is 4.90 Å². The molecule has 0 radical (unpaired) electrons. The second-order valence-corrected chi connectivity index (χ2v) is 6.29. The number of nitrogens with two attached hydrogens (primary N) is 1. The van der Waals surface area contributed by atoms with Crippen molar-refractivity contribution < 1.29 is 17.9 Å².